The monoisotopic (exact) mass is 415 g/mol. The maximum Gasteiger partial charge on any atom is 0.306 e. The SMILES string of the molecule is CC(C(=O)Nc1ccccc1CC1CCCCC1C(=O)O)c1cccc2ccccc12. The number of aliphatic carboxylic acids is 1. The maximum atomic E-state index is 13.2. The first-order valence-electron chi connectivity index (χ1n) is 11.1. The van der Waals surface area contributed by atoms with Gasteiger partial charge in [-0.05, 0) is 60.1 Å². The third-order valence-corrected chi connectivity index (χ3v) is 6.67. The highest BCUT2D eigenvalue weighted by Gasteiger charge is 2.31. The van der Waals surface area contributed by atoms with Gasteiger partial charge in [0, 0.05) is 5.69 Å². The number of benzene rings is 3. The molecule has 160 valence electrons. The first kappa shape index (κ1) is 21.1. The second-order valence-electron chi connectivity index (χ2n) is 8.63. The quantitative estimate of drug-likeness (QED) is 0.518. The molecule has 3 atom stereocenters. The van der Waals surface area contributed by atoms with Crippen molar-refractivity contribution in [2.45, 2.75) is 44.9 Å². The third-order valence-electron chi connectivity index (χ3n) is 6.67. The van der Waals surface area contributed by atoms with Gasteiger partial charge in [-0.2, -0.15) is 0 Å². The molecule has 0 heterocycles. The van der Waals surface area contributed by atoms with Gasteiger partial charge in [0.2, 0.25) is 5.91 Å². The average Bonchev–Trinajstić information content (AvgIpc) is 2.79. The van der Waals surface area contributed by atoms with Crippen LogP contribution in [0.5, 0.6) is 0 Å². The third kappa shape index (κ3) is 4.63. The van der Waals surface area contributed by atoms with Gasteiger partial charge in [-0.1, -0.05) is 73.5 Å². The first-order chi connectivity index (χ1) is 15.0. The number of rotatable bonds is 6. The number of nitrogens with one attached hydrogen (secondary N) is 1. The van der Waals surface area contributed by atoms with E-state index in [4.69, 9.17) is 0 Å². The van der Waals surface area contributed by atoms with Crippen LogP contribution in [0, 0.1) is 11.8 Å². The van der Waals surface area contributed by atoms with Crippen molar-refractivity contribution in [1.82, 2.24) is 0 Å². The molecule has 31 heavy (non-hydrogen) atoms. The number of hydrogen-bond donors (Lipinski definition) is 2. The number of amides is 1. The van der Waals surface area contributed by atoms with Gasteiger partial charge in [-0.25, -0.2) is 0 Å². The second-order valence-corrected chi connectivity index (χ2v) is 8.63. The Morgan fingerprint density at radius 1 is 0.968 bits per heavy atom. The lowest BCUT2D eigenvalue weighted by atomic mass is 9.76. The van der Waals surface area contributed by atoms with Gasteiger partial charge in [0.15, 0.2) is 0 Å². The van der Waals surface area contributed by atoms with E-state index in [2.05, 4.69) is 23.5 Å². The van der Waals surface area contributed by atoms with Crippen LogP contribution in [-0.2, 0) is 16.0 Å². The topological polar surface area (TPSA) is 66.4 Å². The Bertz CT molecular complexity index is 1090. The van der Waals surface area contributed by atoms with E-state index in [1.54, 1.807) is 0 Å². The smallest absolute Gasteiger partial charge is 0.306 e. The van der Waals surface area contributed by atoms with Gasteiger partial charge >= 0.3 is 5.97 Å². The van der Waals surface area contributed by atoms with E-state index in [0.717, 1.165) is 53.3 Å². The fraction of sp³-hybridized carbons (Fsp3) is 0.333. The summed E-state index contributed by atoms with van der Waals surface area (Å²) in [6.07, 6.45) is 4.39. The Kier molecular flexibility index (Phi) is 6.36. The molecule has 0 aromatic heterocycles. The van der Waals surface area contributed by atoms with Crippen LogP contribution in [0.15, 0.2) is 66.7 Å². The van der Waals surface area contributed by atoms with Crippen molar-refractivity contribution in [3.63, 3.8) is 0 Å². The molecule has 1 saturated carbocycles. The van der Waals surface area contributed by atoms with Crippen molar-refractivity contribution in [2.75, 3.05) is 5.32 Å². The molecule has 1 aliphatic rings. The lowest BCUT2D eigenvalue weighted by Crippen LogP contribution is -2.29. The molecule has 0 aliphatic heterocycles. The van der Waals surface area contributed by atoms with Crippen molar-refractivity contribution in [3.8, 4) is 0 Å². The zero-order valence-electron chi connectivity index (χ0n) is 17.9. The highest BCUT2D eigenvalue weighted by Crippen LogP contribution is 2.35. The molecule has 3 aromatic rings. The minimum atomic E-state index is -0.698. The van der Waals surface area contributed by atoms with Crippen LogP contribution in [0.1, 0.15) is 49.7 Å². The largest absolute Gasteiger partial charge is 0.481 e. The molecule has 0 radical (unpaired) electrons. The summed E-state index contributed by atoms with van der Waals surface area (Å²) in [4.78, 5) is 24.9. The number of para-hydroxylation sites is 1. The number of carboxylic acids is 1. The Hall–Kier alpha value is -3.14. The van der Waals surface area contributed by atoms with E-state index < -0.39 is 5.97 Å². The summed E-state index contributed by atoms with van der Waals surface area (Å²) in [6.45, 7) is 1.93. The summed E-state index contributed by atoms with van der Waals surface area (Å²) >= 11 is 0. The van der Waals surface area contributed by atoms with Gasteiger partial charge in [-0.3, -0.25) is 9.59 Å². The molecule has 1 amide bonds. The van der Waals surface area contributed by atoms with Crippen LogP contribution < -0.4 is 5.32 Å². The number of carboxylic acid groups (broad SMARTS) is 1. The van der Waals surface area contributed by atoms with Crippen LogP contribution in [0.3, 0.4) is 0 Å². The summed E-state index contributed by atoms with van der Waals surface area (Å²) in [6, 6.07) is 22.0. The van der Waals surface area contributed by atoms with Crippen molar-refractivity contribution in [2.24, 2.45) is 11.8 Å². The minimum absolute atomic E-state index is 0.0535. The van der Waals surface area contributed by atoms with Crippen molar-refractivity contribution >= 4 is 28.3 Å². The molecule has 0 spiro atoms. The van der Waals surface area contributed by atoms with E-state index in [1.165, 1.54) is 0 Å². The van der Waals surface area contributed by atoms with Gasteiger partial charge in [-0.15, -0.1) is 0 Å². The van der Waals surface area contributed by atoms with Gasteiger partial charge in [0.25, 0.3) is 0 Å². The van der Waals surface area contributed by atoms with E-state index >= 15 is 0 Å². The number of hydrogen-bond acceptors (Lipinski definition) is 2. The molecule has 1 fully saturated rings. The predicted octanol–water partition coefficient (Wildman–Crippen LogP) is 6.02. The van der Waals surface area contributed by atoms with Crippen LogP contribution in [0.2, 0.25) is 0 Å². The molecule has 4 nitrogen and oxygen atoms in total. The fourth-order valence-electron chi connectivity index (χ4n) is 4.89. The molecule has 4 rings (SSSR count). The van der Waals surface area contributed by atoms with Crippen molar-refractivity contribution in [1.29, 1.82) is 0 Å². The zero-order chi connectivity index (χ0) is 21.8. The van der Waals surface area contributed by atoms with E-state index in [9.17, 15) is 14.7 Å². The first-order valence-corrected chi connectivity index (χ1v) is 11.1. The predicted molar refractivity (Wildman–Crippen MR) is 124 cm³/mol. The summed E-state index contributed by atoms with van der Waals surface area (Å²) in [5.41, 5.74) is 2.81. The molecule has 0 bridgehead atoms. The molecule has 2 N–H and O–H groups in total. The summed E-state index contributed by atoms with van der Waals surface area (Å²) in [7, 11) is 0. The maximum absolute atomic E-state index is 13.2. The lowest BCUT2D eigenvalue weighted by Gasteiger charge is -2.29. The van der Waals surface area contributed by atoms with E-state index in [1.807, 2.05) is 55.5 Å². The highest BCUT2D eigenvalue weighted by molar-refractivity contribution is 5.99. The molecular weight excluding hydrogens is 386 g/mol. The number of carbonyl (C=O) groups is 2. The Morgan fingerprint density at radius 3 is 2.52 bits per heavy atom. The molecule has 3 unspecified atom stereocenters. The second kappa shape index (κ2) is 9.34. The Labute approximate surface area is 183 Å². The minimum Gasteiger partial charge on any atom is -0.481 e. The molecule has 4 heteroatoms. The standard InChI is InChI=1S/C27H29NO3/c1-18(22-15-8-12-19-9-2-5-13-23(19)22)26(29)28-25-16-7-4-11-21(25)17-20-10-3-6-14-24(20)27(30)31/h2,4-5,7-9,11-13,15-16,18,20,24H,3,6,10,14,17H2,1H3,(H,28,29)(H,30,31). The zero-order valence-corrected chi connectivity index (χ0v) is 17.9. The average molecular weight is 416 g/mol. The molecule has 1 aliphatic carbocycles. The van der Waals surface area contributed by atoms with E-state index in [-0.39, 0.29) is 23.7 Å². The highest BCUT2D eigenvalue weighted by atomic mass is 16.4. The number of fused-ring (bicyclic) bond motifs is 1. The fourth-order valence-corrected chi connectivity index (χ4v) is 4.89. The summed E-state index contributed by atoms with van der Waals surface area (Å²) in [5, 5.41) is 15.0. The Morgan fingerprint density at radius 2 is 1.68 bits per heavy atom. The van der Waals surface area contributed by atoms with Crippen LogP contribution in [0.25, 0.3) is 10.8 Å². The molecule has 3 aromatic carbocycles. The van der Waals surface area contributed by atoms with Crippen LogP contribution in [-0.4, -0.2) is 17.0 Å². The van der Waals surface area contributed by atoms with Gasteiger partial charge < -0.3 is 10.4 Å². The Balaban J connectivity index is 1.54. The van der Waals surface area contributed by atoms with E-state index in [0.29, 0.717) is 6.42 Å². The molecular formula is C27H29NO3. The van der Waals surface area contributed by atoms with Gasteiger partial charge in [0.1, 0.15) is 0 Å². The number of anilines is 1. The molecule has 0 saturated heterocycles. The summed E-state index contributed by atoms with van der Waals surface area (Å²) in [5.74, 6) is -1.24. The van der Waals surface area contributed by atoms with Crippen molar-refractivity contribution in [3.05, 3.63) is 77.9 Å². The van der Waals surface area contributed by atoms with Gasteiger partial charge in [0.05, 0.1) is 11.8 Å². The lowest BCUT2D eigenvalue weighted by molar-refractivity contribution is -0.144. The normalized spacial score (nSPS) is 19.6. The number of carbonyl (C=O) groups excluding carboxylic acids is 1. The summed E-state index contributed by atoms with van der Waals surface area (Å²) < 4.78 is 0. The van der Waals surface area contributed by atoms with Crippen LogP contribution in [0.4, 0.5) is 5.69 Å². The van der Waals surface area contributed by atoms with Crippen LogP contribution >= 0.6 is 0 Å². The van der Waals surface area contributed by atoms with Crippen molar-refractivity contribution < 1.29 is 14.7 Å².